The van der Waals surface area contributed by atoms with E-state index in [-0.39, 0.29) is 0 Å². The average Bonchev–Trinajstić information content (AvgIpc) is 2.77. The molecule has 0 radical (unpaired) electrons. The van der Waals surface area contributed by atoms with E-state index in [1.54, 1.807) is 18.6 Å². The lowest BCUT2D eigenvalue weighted by Crippen LogP contribution is -2.05. The fraction of sp³-hybridized carbons (Fsp3) is 0.214. The maximum Gasteiger partial charge on any atom is 0.103 e. The Kier molecular flexibility index (Phi) is 2.97. The zero-order chi connectivity index (χ0) is 13.2. The third-order valence-electron chi connectivity index (χ3n) is 3.15. The van der Waals surface area contributed by atoms with Gasteiger partial charge in [-0.15, -0.1) is 0 Å². The largest absolute Gasteiger partial charge is 0.386 e. The predicted octanol–water partition coefficient (Wildman–Crippen LogP) is 1.64. The van der Waals surface area contributed by atoms with Gasteiger partial charge in [0.05, 0.1) is 23.1 Å². The van der Waals surface area contributed by atoms with Crippen LogP contribution in [0, 0.1) is 0 Å². The number of aliphatic hydroxyl groups is 1. The van der Waals surface area contributed by atoms with E-state index in [0.29, 0.717) is 12.1 Å². The van der Waals surface area contributed by atoms with Gasteiger partial charge in [-0.3, -0.25) is 14.6 Å². The van der Waals surface area contributed by atoms with Gasteiger partial charge in [0, 0.05) is 31.2 Å². The van der Waals surface area contributed by atoms with Crippen LogP contribution < -0.4 is 0 Å². The normalized spacial score (nSPS) is 12.7. The van der Waals surface area contributed by atoms with E-state index in [4.69, 9.17) is 0 Å². The first-order valence-corrected chi connectivity index (χ1v) is 6.10. The van der Waals surface area contributed by atoms with E-state index >= 15 is 0 Å². The third-order valence-corrected chi connectivity index (χ3v) is 3.15. The number of hydrogen-bond acceptors (Lipinski definition) is 4. The molecule has 0 aliphatic carbocycles. The number of aromatic nitrogens is 4. The minimum Gasteiger partial charge on any atom is -0.386 e. The van der Waals surface area contributed by atoms with Crippen LogP contribution in [0.15, 0.2) is 42.9 Å². The molecule has 96 valence electrons. The Hall–Kier alpha value is -2.27. The standard InChI is InChI=1S/C14H14N4O/c1-18-13-5-3-2-4-10(13)11(17-18)8-14(19)12-9-15-6-7-16-12/h2-7,9,14,19H,8H2,1H3. The van der Waals surface area contributed by atoms with Crippen molar-refractivity contribution in [3.05, 3.63) is 54.2 Å². The Morgan fingerprint density at radius 3 is 2.89 bits per heavy atom. The van der Waals surface area contributed by atoms with Gasteiger partial charge in [0.1, 0.15) is 6.10 Å². The number of benzene rings is 1. The average molecular weight is 254 g/mol. The van der Waals surface area contributed by atoms with Crippen molar-refractivity contribution in [2.75, 3.05) is 0 Å². The lowest BCUT2D eigenvalue weighted by atomic mass is 10.1. The van der Waals surface area contributed by atoms with Gasteiger partial charge < -0.3 is 5.11 Å². The fourth-order valence-electron chi connectivity index (χ4n) is 2.21. The number of aryl methyl sites for hydroxylation is 1. The van der Waals surface area contributed by atoms with Crippen LogP contribution in [0.3, 0.4) is 0 Å². The zero-order valence-electron chi connectivity index (χ0n) is 10.6. The molecule has 0 saturated heterocycles. The van der Waals surface area contributed by atoms with Gasteiger partial charge in [-0.25, -0.2) is 0 Å². The van der Waals surface area contributed by atoms with Crippen molar-refractivity contribution < 1.29 is 5.11 Å². The van der Waals surface area contributed by atoms with Crippen molar-refractivity contribution >= 4 is 10.9 Å². The molecule has 0 saturated carbocycles. The van der Waals surface area contributed by atoms with E-state index in [0.717, 1.165) is 16.6 Å². The lowest BCUT2D eigenvalue weighted by molar-refractivity contribution is 0.172. The van der Waals surface area contributed by atoms with Crippen molar-refractivity contribution in [1.29, 1.82) is 0 Å². The summed E-state index contributed by atoms with van der Waals surface area (Å²) in [6.07, 6.45) is 4.49. The van der Waals surface area contributed by atoms with Gasteiger partial charge in [0.2, 0.25) is 0 Å². The highest BCUT2D eigenvalue weighted by Gasteiger charge is 2.15. The Balaban J connectivity index is 1.94. The molecular weight excluding hydrogens is 240 g/mol. The minimum atomic E-state index is -0.688. The number of nitrogens with zero attached hydrogens (tertiary/aromatic N) is 4. The van der Waals surface area contributed by atoms with Gasteiger partial charge >= 0.3 is 0 Å². The molecule has 0 bridgehead atoms. The number of hydrogen-bond donors (Lipinski definition) is 1. The summed E-state index contributed by atoms with van der Waals surface area (Å²) < 4.78 is 1.83. The first kappa shape index (κ1) is 11.8. The van der Waals surface area contributed by atoms with Crippen LogP contribution in [0.1, 0.15) is 17.5 Å². The summed E-state index contributed by atoms with van der Waals surface area (Å²) in [5.41, 5.74) is 2.50. The highest BCUT2D eigenvalue weighted by molar-refractivity contribution is 5.81. The highest BCUT2D eigenvalue weighted by Crippen LogP contribution is 2.22. The first-order chi connectivity index (χ1) is 9.25. The molecule has 3 rings (SSSR count). The van der Waals surface area contributed by atoms with Crippen molar-refractivity contribution in [2.24, 2.45) is 7.05 Å². The summed E-state index contributed by atoms with van der Waals surface area (Å²) in [6.45, 7) is 0. The quantitative estimate of drug-likeness (QED) is 0.771. The van der Waals surface area contributed by atoms with E-state index in [1.165, 1.54) is 0 Å². The molecule has 1 aromatic carbocycles. The van der Waals surface area contributed by atoms with Crippen molar-refractivity contribution in [1.82, 2.24) is 19.7 Å². The molecule has 3 aromatic rings. The van der Waals surface area contributed by atoms with Crippen LogP contribution in [0.2, 0.25) is 0 Å². The Morgan fingerprint density at radius 1 is 1.26 bits per heavy atom. The van der Waals surface area contributed by atoms with E-state index in [1.807, 2.05) is 36.0 Å². The van der Waals surface area contributed by atoms with Gasteiger partial charge in [0.25, 0.3) is 0 Å². The zero-order valence-corrected chi connectivity index (χ0v) is 10.6. The Labute approximate surface area is 110 Å². The smallest absolute Gasteiger partial charge is 0.103 e. The maximum atomic E-state index is 10.2. The molecule has 1 N–H and O–H groups in total. The van der Waals surface area contributed by atoms with E-state index in [9.17, 15) is 5.11 Å². The number of fused-ring (bicyclic) bond motifs is 1. The van der Waals surface area contributed by atoms with Gasteiger partial charge in [-0.1, -0.05) is 18.2 Å². The van der Waals surface area contributed by atoms with Crippen LogP contribution in [0.4, 0.5) is 0 Å². The molecule has 1 unspecified atom stereocenters. The third kappa shape index (κ3) is 2.20. The molecule has 2 heterocycles. The van der Waals surface area contributed by atoms with E-state index in [2.05, 4.69) is 15.1 Å². The maximum absolute atomic E-state index is 10.2. The fourth-order valence-corrected chi connectivity index (χ4v) is 2.21. The van der Waals surface area contributed by atoms with Gasteiger partial charge in [-0.2, -0.15) is 5.10 Å². The topological polar surface area (TPSA) is 63.8 Å². The molecule has 19 heavy (non-hydrogen) atoms. The number of para-hydroxylation sites is 1. The Bertz CT molecular complexity index is 693. The summed E-state index contributed by atoms with van der Waals surface area (Å²) in [4.78, 5) is 8.08. The second-order valence-corrected chi connectivity index (χ2v) is 4.44. The van der Waals surface area contributed by atoms with Crippen molar-refractivity contribution in [3.8, 4) is 0 Å². The van der Waals surface area contributed by atoms with Crippen molar-refractivity contribution in [3.63, 3.8) is 0 Å². The highest BCUT2D eigenvalue weighted by atomic mass is 16.3. The van der Waals surface area contributed by atoms with Gasteiger partial charge in [0.15, 0.2) is 0 Å². The van der Waals surface area contributed by atoms with Crippen LogP contribution in [0.5, 0.6) is 0 Å². The second kappa shape index (κ2) is 4.78. The summed E-state index contributed by atoms with van der Waals surface area (Å²) in [5, 5.41) is 15.7. The molecule has 0 aliphatic rings. The SMILES string of the molecule is Cn1nc(CC(O)c2cnccn2)c2ccccc21. The molecule has 0 spiro atoms. The molecule has 0 amide bonds. The van der Waals surface area contributed by atoms with Crippen LogP contribution in [-0.2, 0) is 13.5 Å². The molecule has 0 aliphatic heterocycles. The Morgan fingerprint density at radius 2 is 2.11 bits per heavy atom. The second-order valence-electron chi connectivity index (χ2n) is 4.44. The number of aliphatic hydroxyl groups excluding tert-OH is 1. The lowest BCUT2D eigenvalue weighted by Gasteiger charge is -2.07. The molecule has 5 heteroatoms. The summed E-state index contributed by atoms with van der Waals surface area (Å²) in [5.74, 6) is 0. The van der Waals surface area contributed by atoms with Crippen molar-refractivity contribution in [2.45, 2.75) is 12.5 Å². The van der Waals surface area contributed by atoms with Crippen LogP contribution in [0.25, 0.3) is 10.9 Å². The first-order valence-electron chi connectivity index (χ1n) is 6.10. The molecule has 5 nitrogen and oxygen atoms in total. The summed E-state index contributed by atoms with van der Waals surface area (Å²) >= 11 is 0. The predicted molar refractivity (Wildman–Crippen MR) is 71.4 cm³/mol. The van der Waals surface area contributed by atoms with Crippen LogP contribution in [-0.4, -0.2) is 24.9 Å². The molecule has 2 aromatic heterocycles. The monoisotopic (exact) mass is 254 g/mol. The summed E-state index contributed by atoms with van der Waals surface area (Å²) in [6, 6.07) is 7.98. The van der Waals surface area contributed by atoms with E-state index < -0.39 is 6.10 Å². The minimum absolute atomic E-state index is 0.431. The molecular formula is C14H14N4O. The summed E-state index contributed by atoms with van der Waals surface area (Å²) in [7, 11) is 1.90. The number of rotatable bonds is 3. The molecule has 1 atom stereocenters. The van der Waals surface area contributed by atoms with Crippen LogP contribution >= 0.6 is 0 Å². The molecule has 0 fully saturated rings. The van der Waals surface area contributed by atoms with Gasteiger partial charge in [-0.05, 0) is 6.07 Å².